The van der Waals surface area contributed by atoms with E-state index in [1.807, 2.05) is 36.5 Å². The summed E-state index contributed by atoms with van der Waals surface area (Å²) in [6.07, 6.45) is 5.92. The van der Waals surface area contributed by atoms with E-state index in [-0.39, 0.29) is 31.9 Å². The van der Waals surface area contributed by atoms with Gasteiger partial charge in [0.2, 0.25) is 0 Å². The number of fused-ring (bicyclic) bond motifs is 13. The van der Waals surface area contributed by atoms with Crippen molar-refractivity contribution in [1.29, 1.82) is 0 Å². The van der Waals surface area contributed by atoms with Gasteiger partial charge in [0.15, 0.2) is 0 Å². The van der Waals surface area contributed by atoms with Crippen LogP contribution in [-0.2, 0) is 31.9 Å². The van der Waals surface area contributed by atoms with Crippen molar-refractivity contribution in [3.05, 3.63) is 248 Å². The van der Waals surface area contributed by atoms with Crippen LogP contribution in [0.4, 0.5) is 0 Å². The van der Waals surface area contributed by atoms with Gasteiger partial charge in [-0.15, -0.1) is 29.7 Å². The van der Waals surface area contributed by atoms with Crippen LogP contribution in [0.5, 0.6) is 11.5 Å². The monoisotopic (exact) mass is 1230 g/mol. The Kier molecular flexibility index (Phi) is 11.8. The van der Waals surface area contributed by atoms with E-state index in [1.54, 1.807) is 0 Å². The number of aromatic nitrogens is 4. The van der Waals surface area contributed by atoms with Gasteiger partial charge in [-0.3, -0.25) is 4.57 Å². The molecule has 15 rings (SSSR count). The summed E-state index contributed by atoms with van der Waals surface area (Å²) in [5.74, 6) is 1.95. The summed E-state index contributed by atoms with van der Waals surface area (Å²) in [5.41, 5.74) is 21.0. The van der Waals surface area contributed by atoms with E-state index in [2.05, 4.69) is 256 Å². The molecular formula is C74H54N4O2Pt-2. The molecule has 5 heterocycles. The van der Waals surface area contributed by atoms with Crippen molar-refractivity contribution in [3.8, 4) is 84.3 Å². The zero-order valence-corrected chi connectivity index (χ0v) is 48.0. The van der Waals surface area contributed by atoms with Crippen LogP contribution in [0.25, 0.3) is 128 Å². The van der Waals surface area contributed by atoms with Crippen molar-refractivity contribution in [2.24, 2.45) is 0 Å². The second kappa shape index (κ2) is 19.0. The molecule has 4 aromatic heterocycles. The maximum absolute atomic E-state index is 6.88. The molecular weight excluding hydrogens is 1170 g/mol. The quantitative estimate of drug-likeness (QED) is 0.123. The maximum atomic E-state index is 6.88. The second-order valence-corrected chi connectivity index (χ2v) is 23.2. The zero-order valence-electron chi connectivity index (χ0n) is 45.7. The largest absolute Gasteiger partial charge is 0.510 e. The van der Waals surface area contributed by atoms with Crippen molar-refractivity contribution >= 4 is 54.8 Å². The molecule has 1 aliphatic rings. The molecule has 1 aliphatic heterocycles. The number of para-hydroxylation sites is 3. The minimum Gasteiger partial charge on any atom is -0.510 e. The van der Waals surface area contributed by atoms with Gasteiger partial charge in [0.1, 0.15) is 17.0 Å². The summed E-state index contributed by atoms with van der Waals surface area (Å²) in [6, 6.07) is 83.5. The number of imidazole rings is 1. The number of rotatable bonds is 6. The van der Waals surface area contributed by atoms with Crippen molar-refractivity contribution in [1.82, 2.24) is 14.1 Å². The summed E-state index contributed by atoms with van der Waals surface area (Å²) >= 11 is 0. The number of hydrogen-bond donors (Lipinski definition) is 0. The Bertz CT molecular complexity index is 4830. The van der Waals surface area contributed by atoms with E-state index in [0.29, 0.717) is 11.5 Å². The topological polar surface area (TPSA) is 49.0 Å². The third-order valence-electron chi connectivity index (χ3n) is 16.1. The van der Waals surface area contributed by atoms with Gasteiger partial charge >= 0.3 is 0 Å². The van der Waals surface area contributed by atoms with Gasteiger partial charge in [-0.1, -0.05) is 187 Å². The van der Waals surface area contributed by atoms with E-state index in [4.69, 9.17) is 14.1 Å². The fourth-order valence-electron chi connectivity index (χ4n) is 12.1. The number of hydrogen-bond acceptors (Lipinski definition) is 3. The van der Waals surface area contributed by atoms with Gasteiger partial charge in [0, 0.05) is 55.1 Å². The average molecular weight is 1230 g/mol. The zero-order chi connectivity index (χ0) is 54.0. The van der Waals surface area contributed by atoms with E-state index in [0.717, 1.165) is 128 Å². The molecule has 10 aromatic carbocycles. The summed E-state index contributed by atoms with van der Waals surface area (Å²) in [5, 5.41) is 4.35. The third kappa shape index (κ3) is 8.34. The average Bonchev–Trinajstić information content (AvgIpc) is 3.46. The summed E-state index contributed by atoms with van der Waals surface area (Å²) < 4.78 is 19.9. The first-order valence-electron chi connectivity index (χ1n) is 27.4. The molecule has 0 fully saturated rings. The van der Waals surface area contributed by atoms with Crippen LogP contribution in [0.2, 0.25) is 0 Å². The minimum atomic E-state index is -0.0560. The molecule has 0 amide bonds. The number of pyridine rings is 1. The van der Waals surface area contributed by atoms with Gasteiger partial charge in [-0.05, 0) is 131 Å². The maximum Gasteiger partial charge on any atom is 0.268 e. The van der Waals surface area contributed by atoms with Gasteiger partial charge in [0.05, 0.1) is 16.7 Å². The van der Waals surface area contributed by atoms with Crippen LogP contribution >= 0.6 is 0 Å². The van der Waals surface area contributed by atoms with Crippen LogP contribution in [0.15, 0.2) is 223 Å². The first-order valence-corrected chi connectivity index (χ1v) is 27.4. The van der Waals surface area contributed by atoms with Crippen molar-refractivity contribution < 1.29 is 34.8 Å². The number of ether oxygens (including phenoxy) is 1. The summed E-state index contributed by atoms with van der Waals surface area (Å²) in [6.45, 7) is 13.5. The Balaban J connectivity index is 0.00000589. The normalized spacial score (nSPS) is 12.2. The fourth-order valence-corrected chi connectivity index (χ4v) is 12.1. The molecule has 0 saturated carbocycles. The summed E-state index contributed by atoms with van der Waals surface area (Å²) in [7, 11) is 0. The van der Waals surface area contributed by atoms with Crippen LogP contribution in [-0.4, -0.2) is 14.1 Å². The van der Waals surface area contributed by atoms with Gasteiger partial charge in [-0.2, -0.15) is 18.2 Å². The van der Waals surface area contributed by atoms with Crippen LogP contribution in [0, 0.1) is 18.5 Å². The van der Waals surface area contributed by atoms with Gasteiger partial charge in [-0.25, -0.2) is 4.98 Å². The van der Waals surface area contributed by atoms with Gasteiger partial charge < -0.3 is 18.3 Å². The molecule has 0 atom stereocenters. The molecule has 0 unspecified atom stereocenters. The predicted molar refractivity (Wildman–Crippen MR) is 325 cm³/mol. The molecule has 6 nitrogen and oxygen atoms in total. The Hall–Kier alpha value is -9.09. The minimum absolute atomic E-state index is 0. The van der Waals surface area contributed by atoms with E-state index < -0.39 is 0 Å². The van der Waals surface area contributed by atoms with E-state index >= 15 is 0 Å². The molecule has 0 saturated heterocycles. The van der Waals surface area contributed by atoms with Crippen molar-refractivity contribution in [2.45, 2.75) is 52.4 Å². The molecule has 81 heavy (non-hydrogen) atoms. The Morgan fingerprint density at radius 3 is 1.85 bits per heavy atom. The summed E-state index contributed by atoms with van der Waals surface area (Å²) in [4.78, 5) is 4.92. The van der Waals surface area contributed by atoms with Crippen molar-refractivity contribution in [2.75, 3.05) is 0 Å². The molecule has 14 aromatic rings. The van der Waals surface area contributed by atoms with E-state index in [9.17, 15) is 0 Å². The Morgan fingerprint density at radius 2 is 1.09 bits per heavy atom. The fraction of sp³-hybridized carbons (Fsp3) is 0.108. The SMILES string of the molecule is CC(C)(C)c1ccc(-c2cccc3c2-[n+]2[c-]n(-c4[c-]c(Oc5[c-]c6c(cc5)c5ccccc5n6-c5cc(C(C)(C)C)ccn5)ccc4)c4cc(-c5ccc6oc7ccccc7c6c5)cc(c42)-c2ccccc2-c2ccccc2-3)cc1.[Pt]. The van der Waals surface area contributed by atoms with E-state index in [1.165, 1.54) is 11.1 Å². The molecule has 394 valence electrons. The molecule has 0 spiro atoms. The first-order chi connectivity index (χ1) is 38.9. The standard InChI is InChI=1S/C74H54N4O2.Pt/c1-73(2,3)49-32-29-46(30-33-49)54-25-16-26-62-57-21-9-7-19-55(57)56-20-8-10-22-58(56)64-40-48(47-31-36-69-63(39-47)61-24-12-14-28-68(61)80-69)41-67-72(64)77(71(54)62)45-76(67)51-17-15-18-52(43-51)79-53-34-35-60-59-23-11-13-27-65(59)78(66(60)44-53)70-42-50(37-38-75-70)74(4,5)6;/h7-42H,1-6H3;/q-2;. The Morgan fingerprint density at radius 1 is 0.457 bits per heavy atom. The predicted octanol–water partition coefficient (Wildman–Crippen LogP) is 18.7. The third-order valence-corrected chi connectivity index (χ3v) is 16.1. The van der Waals surface area contributed by atoms with Gasteiger partial charge in [0.25, 0.3) is 6.33 Å². The number of nitrogens with zero attached hydrogens (tertiary/aromatic N) is 4. The Labute approximate surface area is 485 Å². The van der Waals surface area contributed by atoms with Crippen LogP contribution in [0.1, 0.15) is 52.7 Å². The molecule has 0 N–H and O–H groups in total. The van der Waals surface area contributed by atoms with Crippen LogP contribution in [0.3, 0.4) is 0 Å². The molecule has 0 aliphatic carbocycles. The number of furan rings is 1. The smallest absolute Gasteiger partial charge is 0.268 e. The molecule has 0 radical (unpaired) electrons. The number of benzene rings is 10. The molecule has 0 bridgehead atoms. The van der Waals surface area contributed by atoms with Crippen LogP contribution < -0.4 is 9.30 Å². The molecule has 7 heteroatoms. The first kappa shape index (κ1) is 50.2. The van der Waals surface area contributed by atoms with Crippen molar-refractivity contribution in [3.63, 3.8) is 0 Å². The second-order valence-electron chi connectivity index (χ2n) is 23.2.